The van der Waals surface area contributed by atoms with Crippen molar-refractivity contribution in [1.29, 1.82) is 0 Å². The first kappa shape index (κ1) is 12.0. The minimum Gasteiger partial charge on any atom is -0.337 e. The third-order valence-corrected chi connectivity index (χ3v) is 3.43. The van der Waals surface area contributed by atoms with E-state index in [1.54, 1.807) is 12.4 Å². The maximum atomic E-state index is 12.2. The van der Waals surface area contributed by atoms with Crippen LogP contribution in [-0.2, 0) is 0 Å². The Labute approximate surface area is 102 Å². The van der Waals surface area contributed by atoms with Crippen LogP contribution in [0.4, 0.5) is 0 Å². The molecule has 2 N–H and O–H groups in total. The van der Waals surface area contributed by atoms with Crippen molar-refractivity contribution in [1.82, 2.24) is 9.88 Å². The molecule has 4 nitrogen and oxygen atoms in total. The first-order chi connectivity index (χ1) is 8.08. The van der Waals surface area contributed by atoms with Crippen LogP contribution in [0.1, 0.15) is 29.3 Å². The first-order valence-corrected chi connectivity index (χ1v) is 6.04. The van der Waals surface area contributed by atoms with Crippen molar-refractivity contribution >= 4 is 5.91 Å². The second kappa shape index (κ2) is 4.84. The van der Waals surface area contributed by atoms with Crippen LogP contribution in [0.25, 0.3) is 0 Å². The molecule has 0 bridgehead atoms. The maximum Gasteiger partial charge on any atom is 0.255 e. The number of amides is 1. The first-order valence-electron chi connectivity index (χ1n) is 6.04. The monoisotopic (exact) mass is 233 g/mol. The predicted molar refractivity (Wildman–Crippen MR) is 66.6 cm³/mol. The minimum atomic E-state index is 0.0450. The lowest BCUT2D eigenvalue weighted by Crippen LogP contribution is -2.49. The molecule has 92 valence electrons. The molecule has 4 heteroatoms. The van der Waals surface area contributed by atoms with Gasteiger partial charge in [-0.1, -0.05) is 6.92 Å². The highest BCUT2D eigenvalue weighted by molar-refractivity contribution is 5.94. The Morgan fingerprint density at radius 3 is 2.94 bits per heavy atom. The molecule has 1 amide bonds. The summed E-state index contributed by atoms with van der Waals surface area (Å²) in [6, 6.07) is 1.96. The SMILES string of the molecule is Cc1cncc(C(=O)N2CCC(C)C(N)C2)c1. The highest BCUT2D eigenvalue weighted by atomic mass is 16.2. The molecule has 1 aromatic rings. The number of hydrogen-bond donors (Lipinski definition) is 1. The zero-order chi connectivity index (χ0) is 12.4. The van der Waals surface area contributed by atoms with E-state index in [0.29, 0.717) is 18.0 Å². The molecule has 2 heterocycles. The van der Waals surface area contributed by atoms with E-state index in [-0.39, 0.29) is 11.9 Å². The van der Waals surface area contributed by atoms with E-state index in [4.69, 9.17) is 5.73 Å². The third-order valence-electron chi connectivity index (χ3n) is 3.43. The van der Waals surface area contributed by atoms with Crippen LogP contribution in [-0.4, -0.2) is 34.9 Å². The van der Waals surface area contributed by atoms with Gasteiger partial charge in [0.2, 0.25) is 0 Å². The number of carbonyl (C=O) groups is 1. The van der Waals surface area contributed by atoms with Gasteiger partial charge in [0.15, 0.2) is 0 Å². The van der Waals surface area contributed by atoms with Gasteiger partial charge >= 0.3 is 0 Å². The summed E-state index contributed by atoms with van der Waals surface area (Å²) >= 11 is 0. The second-order valence-corrected chi connectivity index (χ2v) is 4.93. The molecule has 0 radical (unpaired) electrons. The van der Waals surface area contributed by atoms with Gasteiger partial charge in [-0.25, -0.2) is 0 Å². The quantitative estimate of drug-likeness (QED) is 0.793. The number of rotatable bonds is 1. The largest absolute Gasteiger partial charge is 0.337 e. The number of hydrogen-bond acceptors (Lipinski definition) is 3. The fourth-order valence-electron chi connectivity index (χ4n) is 2.14. The van der Waals surface area contributed by atoms with Crippen LogP contribution in [0.15, 0.2) is 18.5 Å². The van der Waals surface area contributed by atoms with E-state index in [1.807, 2.05) is 17.9 Å². The Morgan fingerprint density at radius 1 is 1.53 bits per heavy atom. The Balaban J connectivity index is 2.10. The Hall–Kier alpha value is -1.42. The van der Waals surface area contributed by atoms with Gasteiger partial charge in [-0.3, -0.25) is 9.78 Å². The van der Waals surface area contributed by atoms with Gasteiger partial charge in [0.1, 0.15) is 0 Å². The van der Waals surface area contributed by atoms with Crippen LogP contribution >= 0.6 is 0 Å². The summed E-state index contributed by atoms with van der Waals surface area (Å²) < 4.78 is 0. The molecule has 2 rings (SSSR count). The van der Waals surface area contributed by atoms with Crippen molar-refractivity contribution in [2.45, 2.75) is 26.3 Å². The molecule has 0 aromatic carbocycles. The van der Waals surface area contributed by atoms with Gasteiger partial charge < -0.3 is 10.6 Å². The van der Waals surface area contributed by atoms with E-state index in [0.717, 1.165) is 18.5 Å². The molecule has 0 aliphatic carbocycles. The molecule has 2 unspecified atom stereocenters. The summed E-state index contributed by atoms with van der Waals surface area (Å²) in [5.41, 5.74) is 7.67. The molecular formula is C13H19N3O. The number of aromatic nitrogens is 1. The van der Waals surface area contributed by atoms with E-state index in [1.165, 1.54) is 0 Å². The standard InChI is InChI=1S/C13H19N3O/c1-9-5-11(7-15-6-9)13(17)16-4-3-10(2)12(14)8-16/h5-7,10,12H,3-4,8,14H2,1-2H3. The van der Waals surface area contributed by atoms with Crippen LogP contribution in [0.3, 0.4) is 0 Å². The zero-order valence-corrected chi connectivity index (χ0v) is 10.4. The summed E-state index contributed by atoms with van der Waals surface area (Å²) in [6.07, 6.45) is 4.35. The number of carbonyl (C=O) groups excluding carboxylic acids is 1. The lowest BCUT2D eigenvalue weighted by molar-refractivity contribution is 0.0672. The summed E-state index contributed by atoms with van der Waals surface area (Å²) in [7, 11) is 0. The lowest BCUT2D eigenvalue weighted by Gasteiger charge is -2.35. The van der Waals surface area contributed by atoms with Crippen molar-refractivity contribution in [3.05, 3.63) is 29.6 Å². The zero-order valence-electron chi connectivity index (χ0n) is 10.4. The van der Waals surface area contributed by atoms with Gasteiger partial charge in [0, 0.05) is 31.5 Å². The molecule has 1 aliphatic heterocycles. The molecule has 0 saturated carbocycles. The number of piperidine rings is 1. The van der Waals surface area contributed by atoms with Crippen LogP contribution in [0.5, 0.6) is 0 Å². The summed E-state index contributed by atoms with van der Waals surface area (Å²) in [6.45, 7) is 5.52. The summed E-state index contributed by atoms with van der Waals surface area (Å²) in [5, 5.41) is 0. The van der Waals surface area contributed by atoms with Crippen LogP contribution in [0.2, 0.25) is 0 Å². The van der Waals surface area contributed by atoms with E-state index >= 15 is 0 Å². The van der Waals surface area contributed by atoms with Crippen molar-refractivity contribution in [2.24, 2.45) is 11.7 Å². The Bertz CT molecular complexity index is 419. The van der Waals surface area contributed by atoms with Crippen LogP contribution < -0.4 is 5.73 Å². The van der Waals surface area contributed by atoms with Gasteiger partial charge in [0.25, 0.3) is 5.91 Å². The highest BCUT2D eigenvalue weighted by Gasteiger charge is 2.26. The average Bonchev–Trinajstić information content (AvgIpc) is 2.32. The molecule has 1 fully saturated rings. The number of nitrogens with two attached hydrogens (primary N) is 1. The average molecular weight is 233 g/mol. The molecule has 0 spiro atoms. The molecule has 17 heavy (non-hydrogen) atoms. The minimum absolute atomic E-state index is 0.0450. The number of likely N-dealkylation sites (tertiary alicyclic amines) is 1. The van der Waals surface area contributed by atoms with Crippen molar-refractivity contribution < 1.29 is 4.79 Å². The summed E-state index contributed by atoms with van der Waals surface area (Å²) in [4.78, 5) is 18.1. The lowest BCUT2D eigenvalue weighted by atomic mass is 9.94. The fourth-order valence-corrected chi connectivity index (χ4v) is 2.14. The molecule has 1 saturated heterocycles. The van der Waals surface area contributed by atoms with Gasteiger partial charge in [-0.05, 0) is 30.9 Å². The molecule has 1 aliphatic rings. The smallest absolute Gasteiger partial charge is 0.255 e. The molecule has 1 aromatic heterocycles. The maximum absolute atomic E-state index is 12.2. The van der Waals surface area contributed by atoms with E-state index < -0.39 is 0 Å². The Kier molecular flexibility index (Phi) is 3.43. The van der Waals surface area contributed by atoms with Crippen molar-refractivity contribution in [3.8, 4) is 0 Å². The van der Waals surface area contributed by atoms with Gasteiger partial charge in [-0.15, -0.1) is 0 Å². The molecular weight excluding hydrogens is 214 g/mol. The van der Waals surface area contributed by atoms with Crippen LogP contribution in [0, 0.1) is 12.8 Å². The predicted octanol–water partition coefficient (Wildman–Crippen LogP) is 1.20. The van der Waals surface area contributed by atoms with Crippen molar-refractivity contribution in [3.63, 3.8) is 0 Å². The van der Waals surface area contributed by atoms with Crippen molar-refractivity contribution in [2.75, 3.05) is 13.1 Å². The van der Waals surface area contributed by atoms with Gasteiger partial charge in [-0.2, -0.15) is 0 Å². The topological polar surface area (TPSA) is 59.2 Å². The third kappa shape index (κ3) is 2.64. The molecule has 2 atom stereocenters. The number of pyridine rings is 1. The number of aryl methyl sites for hydroxylation is 1. The van der Waals surface area contributed by atoms with E-state index in [2.05, 4.69) is 11.9 Å². The Morgan fingerprint density at radius 2 is 2.29 bits per heavy atom. The van der Waals surface area contributed by atoms with E-state index in [9.17, 15) is 4.79 Å². The van der Waals surface area contributed by atoms with Gasteiger partial charge in [0.05, 0.1) is 5.56 Å². The summed E-state index contributed by atoms with van der Waals surface area (Å²) in [5.74, 6) is 0.540. The second-order valence-electron chi connectivity index (χ2n) is 4.93. The number of nitrogens with zero attached hydrogens (tertiary/aromatic N) is 2. The highest BCUT2D eigenvalue weighted by Crippen LogP contribution is 2.17. The normalized spacial score (nSPS) is 24.8. The fraction of sp³-hybridized carbons (Fsp3) is 0.538.